The zero-order chi connectivity index (χ0) is 23.5. The highest BCUT2D eigenvalue weighted by molar-refractivity contribution is 14.1. The molecule has 0 saturated heterocycles. The summed E-state index contributed by atoms with van der Waals surface area (Å²) in [6.45, 7) is 0.170. The summed E-state index contributed by atoms with van der Waals surface area (Å²) >= 11 is 4.23. The van der Waals surface area contributed by atoms with Crippen molar-refractivity contribution in [2.24, 2.45) is 5.10 Å². The number of rotatable bonds is 6. The number of ether oxygens (including phenoxy) is 1. The van der Waals surface area contributed by atoms with Crippen LogP contribution in [0.1, 0.15) is 11.1 Å². The molecule has 1 N–H and O–H groups in total. The minimum atomic E-state index is -0.628. The van der Waals surface area contributed by atoms with Crippen molar-refractivity contribution in [3.8, 4) is 5.75 Å². The molecule has 0 unspecified atom stereocenters. The van der Waals surface area contributed by atoms with Crippen molar-refractivity contribution in [2.75, 3.05) is 0 Å². The first-order valence-corrected chi connectivity index (χ1v) is 11.6. The van der Waals surface area contributed by atoms with E-state index in [1.807, 2.05) is 0 Å². The Kier molecular flexibility index (Phi) is 6.88. The molecular formula is C22H14I2N4O5. The topological polar surface area (TPSA) is 120 Å². The number of H-pyrrole nitrogens is 1. The Morgan fingerprint density at radius 1 is 1.06 bits per heavy atom. The number of non-ortho nitro benzene ring substituents is 1. The van der Waals surface area contributed by atoms with Crippen molar-refractivity contribution in [1.29, 1.82) is 0 Å². The predicted octanol–water partition coefficient (Wildman–Crippen LogP) is 4.27. The SMILES string of the molecule is O=c1[nH]c2ccccc2c(=O)n1N=Cc1cc(I)c(OCc2cccc([N+](=O)[O-])c2)c(I)c1. The number of hydrogen-bond acceptors (Lipinski definition) is 6. The number of nitrogens with zero attached hydrogens (tertiary/aromatic N) is 3. The molecule has 0 amide bonds. The van der Waals surface area contributed by atoms with Gasteiger partial charge in [0.05, 0.1) is 29.2 Å². The Labute approximate surface area is 213 Å². The van der Waals surface area contributed by atoms with Gasteiger partial charge in [0.1, 0.15) is 12.4 Å². The van der Waals surface area contributed by atoms with Crippen LogP contribution in [0, 0.1) is 17.3 Å². The smallest absolute Gasteiger partial charge is 0.349 e. The number of nitro benzene ring substituents is 1. The third-order valence-corrected chi connectivity index (χ3v) is 6.23. The largest absolute Gasteiger partial charge is 0.487 e. The van der Waals surface area contributed by atoms with Gasteiger partial charge in [-0.2, -0.15) is 5.10 Å². The molecular weight excluding hydrogens is 654 g/mol. The number of para-hydroxylation sites is 1. The molecule has 0 aliphatic rings. The summed E-state index contributed by atoms with van der Waals surface area (Å²) in [5.74, 6) is 0.626. The Balaban J connectivity index is 1.58. The molecule has 0 fully saturated rings. The molecule has 9 nitrogen and oxygen atoms in total. The molecule has 166 valence electrons. The van der Waals surface area contributed by atoms with E-state index in [2.05, 4.69) is 55.3 Å². The lowest BCUT2D eigenvalue weighted by molar-refractivity contribution is -0.384. The Morgan fingerprint density at radius 3 is 2.52 bits per heavy atom. The summed E-state index contributed by atoms with van der Waals surface area (Å²) in [5, 5.41) is 15.4. The molecule has 3 aromatic carbocycles. The van der Waals surface area contributed by atoms with Crippen LogP contribution in [0.2, 0.25) is 0 Å². The fraction of sp³-hybridized carbons (Fsp3) is 0.0455. The van der Waals surface area contributed by atoms with Crippen LogP contribution in [0.5, 0.6) is 5.75 Å². The lowest BCUT2D eigenvalue weighted by atomic mass is 10.2. The van der Waals surface area contributed by atoms with E-state index < -0.39 is 16.2 Å². The van der Waals surface area contributed by atoms with Crippen LogP contribution in [0.4, 0.5) is 5.69 Å². The lowest BCUT2D eigenvalue weighted by Crippen LogP contribution is -2.32. The number of benzene rings is 3. The summed E-state index contributed by atoms with van der Waals surface area (Å²) < 4.78 is 8.25. The van der Waals surface area contributed by atoms with E-state index >= 15 is 0 Å². The molecule has 1 heterocycles. The van der Waals surface area contributed by atoms with Gasteiger partial charge in [0.25, 0.3) is 11.2 Å². The van der Waals surface area contributed by atoms with Crippen molar-refractivity contribution < 1.29 is 9.66 Å². The van der Waals surface area contributed by atoms with E-state index in [9.17, 15) is 19.7 Å². The molecule has 33 heavy (non-hydrogen) atoms. The van der Waals surface area contributed by atoms with Crippen LogP contribution in [0.3, 0.4) is 0 Å². The fourth-order valence-electron chi connectivity index (χ4n) is 3.09. The number of nitro groups is 1. The molecule has 0 aliphatic carbocycles. The first-order chi connectivity index (χ1) is 15.8. The van der Waals surface area contributed by atoms with Gasteiger partial charge in [-0.05, 0) is 80.6 Å². The molecule has 0 atom stereocenters. The maximum absolute atomic E-state index is 12.6. The average Bonchev–Trinajstić information content (AvgIpc) is 2.78. The van der Waals surface area contributed by atoms with Gasteiger partial charge in [0.15, 0.2) is 0 Å². The van der Waals surface area contributed by atoms with Gasteiger partial charge in [0, 0.05) is 12.1 Å². The zero-order valence-corrected chi connectivity index (χ0v) is 21.0. The van der Waals surface area contributed by atoms with Gasteiger partial charge >= 0.3 is 5.69 Å². The number of aromatic amines is 1. The minimum Gasteiger partial charge on any atom is -0.487 e. The van der Waals surface area contributed by atoms with E-state index in [1.54, 1.807) is 48.5 Å². The summed E-state index contributed by atoms with van der Waals surface area (Å²) in [7, 11) is 0. The minimum absolute atomic E-state index is 0.00553. The van der Waals surface area contributed by atoms with E-state index in [1.165, 1.54) is 18.3 Å². The molecule has 4 aromatic rings. The highest BCUT2D eigenvalue weighted by atomic mass is 127. The molecule has 0 spiro atoms. The van der Waals surface area contributed by atoms with Crippen molar-refractivity contribution in [2.45, 2.75) is 6.61 Å². The third-order valence-electron chi connectivity index (χ3n) is 4.63. The predicted molar refractivity (Wildman–Crippen MR) is 141 cm³/mol. The average molecular weight is 668 g/mol. The van der Waals surface area contributed by atoms with Crippen LogP contribution in [0.25, 0.3) is 10.9 Å². The first kappa shape index (κ1) is 23.1. The molecule has 4 rings (SSSR count). The van der Waals surface area contributed by atoms with Crippen molar-refractivity contribution in [1.82, 2.24) is 9.66 Å². The van der Waals surface area contributed by atoms with Crippen LogP contribution in [-0.4, -0.2) is 20.8 Å². The normalized spacial score (nSPS) is 11.2. The van der Waals surface area contributed by atoms with Crippen LogP contribution in [-0.2, 0) is 6.61 Å². The third kappa shape index (κ3) is 5.13. The van der Waals surface area contributed by atoms with Crippen molar-refractivity contribution in [3.63, 3.8) is 0 Å². The summed E-state index contributed by atoms with van der Waals surface area (Å²) in [6, 6.07) is 16.6. The number of halogens is 2. The van der Waals surface area contributed by atoms with E-state index in [0.29, 0.717) is 27.8 Å². The van der Waals surface area contributed by atoms with Gasteiger partial charge in [-0.3, -0.25) is 14.9 Å². The molecule has 0 aliphatic heterocycles. The van der Waals surface area contributed by atoms with Crippen LogP contribution in [0.15, 0.2) is 75.4 Å². The van der Waals surface area contributed by atoms with Crippen molar-refractivity contribution >= 4 is 68.0 Å². The van der Waals surface area contributed by atoms with Gasteiger partial charge in [-0.1, -0.05) is 24.3 Å². The number of fused-ring (bicyclic) bond motifs is 1. The molecule has 1 aromatic heterocycles. The second kappa shape index (κ2) is 9.82. The second-order valence-electron chi connectivity index (χ2n) is 6.87. The fourth-order valence-corrected chi connectivity index (χ4v) is 5.22. The molecule has 0 radical (unpaired) electrons. The van der Waals surface area contributed by atoms with Crippen LogP contribution < -0.4 is 16.0 Å². The molecule has 11 heteroatoms. The Bertz CT molecular complexity index is 1500. The molecule has 0 saturated carbocycles. The number of nitrogens with one attached hydrogen (secondary N) is 1. The monoisotopic (exact) mass is 668 g/mol. The first-order valence-electron chi connectivity index (χ1n) is 9.47. The highest BCUT2D eigenvalue weighted by Gasteiger charge is 2.11. The van der Waals surface area contributed by atoms with Crippen molar-refractivity contribution in [3.05, 3.63) is 110 Å². The van der Waals surface area contributed by atoms with Crippen LogP contribution >= 0.6 is 45.2 Å². The second-order valence-corrected chi connectivity index (χ2v) is 9.19. The van der Waals surface area contributed by atoms with E-state index in [-0.39, 0.29) is 12.3 Å². The molecule has 0 bridgehead atoms. The standard InChI is InChI=1S/C22H14I2N4O5/c23-17-9-14(11-25-27-21(29)16-6-1-2-7-19(16)26-22(27)30)10-18(24)20(17)33-12-13-4-3-5-15(8-13)28(31)32/h1-11H,12H2,(H,26,30). The summed E-state index contributed by atoms with van der Waals surface area (Å²) in [5.41, 5.74) is 0.671. The lowest BCUT2D eigenvalue weighted by Gasteiger charge is -2.11. The summed E-state index contributed by atoms with van der Waals surface area (Å²) in [6.07, 6.45) is 1.43. The summed E-state index contributed by atoms with van der Waals surface area (Å²) in [4.78, 5) is 38.0. The maximum atomic E-state index is 12.6. The quantitative estimate of drug-likeness (QED) is 0.143. The Hall–Kier alpha value is -3.07. The van der Waals surface area contributed by atoms with E-state index in [4.69, 9.17) is 4.74 Å². The Morgan fingerprint density at radius 2 is 1.79 bits per heavy atom. The zero-order valence-electron chi connectivity index (χ0n) is 16.7. The maximum Gasteiger partial charge on any atom is 0.349 e. The van der Waals surface area contributed by atoms with Gasteiger partial charge in [-0.25, -0.2) is 4.79 Å². The number of hydrogen-bond donors (Lipinski definition) is 1. The number of aromatic nitrogens is 2. The highest BCUT2D eigenvalue weighted by Crippen LogP contribution is 2.29. The van der Waals surface area contributed by atoms with E-state index in [0.717, 1.165) is 11.8 Å². The van der Waals surface area contributed by atoms with Gasteiger partial charge in [0.2, 0.25) is 0 Å². The van der Waals surface area contributed by atoms with Gasteiger partial charge < -0.3 is 9.72 Å². The van der Waals surface area contributed by atoms with Gasteiger partial charge in [-0.15, -0.1) is 4.68 Å².